The Labute approximate surface area is 492 Å². The molecule has 0 atom stereocenters. The topological polar surface area (TPSA) is 394 Å². The van der Waals surface area contributed by atoms with Gasteiger partial charge in [-0.05, 0) is 45.9 Å². The zero-order chi connectivity index (χ0) is 48.9. The van der Waals surface area contributed by atoms with Crippen LogP contribution in [0.3, 0.4) is 0 Å². The smallest absolute Gasteiger partial charge is 0.662 e. The average Bonchev–Trinajstić information content (AvgIpc) is 4.16. The van der Waals surface area contributed by atoms with E-state index in [1.165, 1.54) is 19.0 Å². The molecule has 0 fully saturated rings. The summed E-state index contributed by atoms with van der Waals surface area (Å²) in [7, 11) is 0. The minimum Gasteiger partial charge on any atom is -0.662 e. The second kappa shape index (κ2) is 30.8. The van der Waals surface area contributed by atoms with Crippen LogP contribution in [0.1, 0.15) is 31.3 Å². The summed E-state index contributed by atoms with van der Waals surface area (Å²) in [5.41, 5.74) is 19.6. The largest absolute Gasteiger partial charge is 1.00 e. The van der Waals surface area contributed by atoms with Gasteiger partial charge in [-0.2, -0.15) is 0 Å². The Morgan fingerprint density at radius 1 is 0.696 bits per heavy atom. The number of rotatable bonds is 7. The number of H-pyrrole nitrogens is 5. The summed E-state index contributed by atoms with van der Waals surface area (Å²) in [6, 6.07) is 27.8. The van der Waals surface area contributed by atoms with Crippen molar-refractivity contribution in [3.05, 3.63) is 149 Å². The Balaban J connectivity index is 0.000000300. The van der Waals surface area contributed by atoms with Crippen molar-refractivity contribution >= 4 is 160 Å². The third kappa shape index (κ3) is 20.3. The SMILES string of the molecule is Clc1nc(-c2ccccc2)nc2nc[nH]c12.NC(=O)c1[nH]cnc1N.NC(=O)c1[nH]cnc1NC(=O)c1ccccc1.O=CO[O-].O=P(Cl)(Cl)Cl.O=c1[nH]c(-c2ccccc2)nc2nc[nH]c12.[K+].[K]. The van der Waals surface area contributed by atoms with Gasteiger partial charge in [0, 0.05) is 68.1 Å². The molecule has 0 bridgehead atoms. The number of anilines is 2. The zero-order valence-electron chi connectivity index (χ0n) is 35.6. The molecule has 9 rings (SSSR count). The molecule has 0 aliphatic carbocycles. The number of aromatic nitrogens is 12. The van der Waals surface area contributed by atoms with Crippen LogP contribution in [0.25, 0.3) is 45.1 Å². The molecule has 0 saturated carbocycles. The molecule has 0 unspecified atom stereocenters. The molecule has 24 nitrogen and oxygen atoms in total. The number of carbonyl (C=O) groups excluding carboxylic acids is 4. The van der Waals surface area contributed by atoms with Gasteiger partial charge in [-0.1, -0.05) is 90.5 Å². The van der Waals surface area contributed by atoms with Gasteiger partial charge < -0.3 is 57.6 Å². The number of nitrogens with one attached hydrogen (secondary N) is 6. The molecule has 31 heteroatoms. The fourth-order valence-corrected chi connectivity index (χ4v) is 5.16. The van der Waals surface area contributed by atoms with Gasteiger partial charge in [0.1, 0.15) is 22.7 Å². The van der Waals surface area contributed by atoms with E-state index in [1.807, 2.05) is 60.7 Å². The molecule has 347 valence electrons. The van der Waals surface area contributed by atoms with Crippen LogP contribution in [0, 0.1) is 0 Å². The molecule has 6 aromatic heterocycles. The number of benzene rings is 3. The predicted octanol–water partition coefficient (Wildman–Crippen LogP) is 1.71. The van der Waals surface area contributed by atoms with E-state index in [4.69, 9.17) is 38.9 Å². The van der Waals surface area contributed by atoms with Crippen LogP contribution >= 0.6 is 50.5 Å². The van der Waals surface area contributed by atoms with Crippen LogP contribution in [0.4, 0.5) is 11.6 Å². The van der Waals surface area contributed by atoms with E-state index in [9.17, 15) is 23.7 Å². The zero-order valence-corrected chi connectivity index (χ0v) is 45.8. The van der Waals surface area contributed by atoms with Crippen LogP contribution < -0.4 is 84.7 Å². The van der Waals surface area contributed by atoms with Crippen molar-refractivity contribution in [1.29, 1.82) is 0 Å². The van der Waals surface area contributed by atoms with E-state index in [0.717, 1.165) is 11.1 Å². The Bertz CT molecular complexity index is 3130. The fourth-order valence-electron chi connectivity index (χ4n) is 4.94. The molecule has 0 aliphatic rings. The van der Waals surface area contributed by atoms with Gasteiger partial charge in [0.15, 0.2) is 39.4 Å². The van der Waals surface area contributed by atoms with Crippen molar-refractivity contribution < 1.29 is 85.3 Å². The average molecular weight is 1090 g/mol. The fraction of sp³-hybridized carbons (Fsp3) is 0. The quantitative estimate of drug-likeness (QED) is 0.0274. The maximum atomic E-state index is 11.8. The Morgan fingerprint density at radius 2 is 1.16 bits per heavy atom. The van der Waals surface area contributed by atoms with Crippen molar-refractivity contribution in [3.8, 4) is 22.8 Å². The van der Waals surface area contributed by atoms with Gasteiger partial charge in [0.25, 0.3) is 29.8 Å². The molecule has 0 spiro atoms. The number of imidazole rings is 4. The van der Waals surface area contributed by atoms with E-state index >= 15 is 0 Å². The number of nitrogens with two attached hydrogens (primary N) is 3. The van der Waals surface area contributed by atoms with Crippen LogP contribution in [0.15, 0.2) is 121 Å². The summed E-state index contributed by atoms with van der Waals surface area (Å²) in [4.78, 5) is 97.7. The Morgan fingerprint density at radius 3 is 1.65 bits per heavy atom. The van der Waals surface area contributed by atoms with E-state index in [1.54, 1.807) is 36.7 Å². The van der Waals surface area contributed by atoms with Crippen LogP contribution in [-0.2, 0) is 14.2 Å². The first kappa shape index (κ1) is 60.4. The van der Waals surface area contributed by atoms with Crippen LogP contribution in [-0.4, -0.2) is 135 Å². The summed E-state index contributed by atoms with van der Waals surface area (Å²) in [5, 5.41) is 8.10. The number of amides is 3. The van der Waals surface area contributed by atoms with Gasteiger partial charge in [-0.15, -0.1) is 0 Å². The first-order valence-electron chi connectivity index (χ1n) is 18.1. The van der Waals surface area contributed by atoms with E-state index < -0.39 is 17.0 Å². The second-order valence-electron chi connectivity index (χ2n) is 12.1. The summed E-state index contributed by atoms with van der Waals surface area (Å²) >= 11 is 19.9. The molecule has 12 N–H and O–H groups in total. The number of carbonyl (C=O) groups is 4. The van der Waals surface area contributed by atoms with Gasteiger partial charge in [-0.3, -0.25) is 28.5 Å². The first-order chi connectivity index (χ1) is 32.0. The number of nitrogen functional groups attached to an aromatic ring is 1. The van der Waals surface area contributed by atoms with Gasteiger partial charge >= 0.3 is 56.6 Å². The minimum absolute atomic E-state index is 0. The molecule has 1 radical (unpaired) electrons. The van der Waals surface area contributed by atoms with Crippen molar-refractivity contribution in [3.63, 3.8) is 0 Å². The number of fused-ring (bicyclic) bond motifs is 2. The maximum Gasteiger partial charge on any atom is 1.00 e. The third-order valence-corrected chi connectivity index (χ3v) is 8.00. The number of hydrogen-bond acceptors (Lipinski definition) is 16. The van der Waals surface area contributed by atoms with E-state index in [2.05, 4.69) is 104 Å². The van der Waals surface area contributed by atoms with E-state index in [-0.39, 0.29) is 144 Å². The van der Waals surface area contributed by atoms with Gasteiger partial charge in [0.2, 0.25) is 0 Å². The first-order valence-corrected chi connectivity index (χ1v) is 22.9. The normalized spacial score (nSPS) is 9.81. The molecule has 6 heterocycles. The van der Waals surface area contributed by atoms with Crippen molar-refractivity contribution in [2.75, 3.05) is 11.1 Å². The standard InChI is InChI=1S/C11H7ClN4.C11H10N4O2.C11H8N4O.C4H6N4O.CH2O3.Cl3OP.2K/c12-9-8-11(14-6-13-8)16-10(15-9)7-4-2-1-3-5-7;12-9(16)8-10(14-6-13-8)15-11(17)7-4-2-1-3-5-7;16-11-8-10(13-6-12-8)14-9(15-11)7-4-2-1-3-5-7;5-3-2(4(6)9)7-1-8-3;2-1-4-3;1-5(2,3)4;;/h1-6H,(H,13,14,15,16);1-6H,(H2,12,16)(H,13,14)(H,15,17);1-6H,(H2,12,13,14,15,16);1H,5H2,(H2,6,9)(H,7,8);1,3H;;;/q;;;;;;;+1/p-1. The summed E-state index contributed by atoms with van der Waals surface area (Å²) in [6.45, 7) is -0.181. The number of halogens is 4. The molecular weight excluding hydrogens is 1060 g/mol. The summed E-state index contributed by atoms with van der Waals surface area (Å²) < 4.78 is 9.51. The summed E-state index contributed by atoms with van der Waals surface area (Å²) in [5.74, 6) is -0.222. The number of aromatic amines is 5. The van der Waals surface area contributed by atoms with Crippen molar-refractivity contribution in [2.45, 2.75) is 0 Å². The van der Waals surface area contributed by atoms with E-state index in [0.29, 0.717) is 44.7 Å². The summed E-state index contributed by atoms with van der Waals surface area (Å²) in [6.07, 6.45) is 5.62. The van der Waals surface area contributed by atoms with Gasteiger partial charge in [0.05, 0.1) is 25.3 Å². The maximum absolute atomic E-state index is 11.8. The number of hydrogen-bond donors (Lipinski definition) is 9. The molecule has 3 aromatic carbocycles. The van der Waals surface area contributed by atoms with Crippen molar-refractivity contribution in [2.24, 2.45) is 11.5 Å². The monoisotopic (exact) mass is 1090 g/mol. The molecule has 0 saturated heterocycles. The molecule has 9 aromatic rings. The second-order valence-corrected chi connectivity index (χ2v) is 19.1. The van der Waals surface area contributed by atoms with Crippen LogP contribution in [0.2, 0.25) is 5.15 Å². The van der Waals surface area contributed by atoms with Gasteiger partial charge in [-0.25, -0.2) is 34.9 Å². The Hall–Kier alpha value is -4.72. The van der Waals surface area contributed by atoms with Crippen LogP contribution in [0.5, 0.6) is 0 Å². The molecular formula is C38H32Cl4K2N16O8P. The third-order valence-electron chi connectivity index (χ3n) is 7.72. The molecule has 0 aliphatic heterocycles. The number of primary amides is 2. The number of nitrogens with zero attached hydrogens (tertiary/aromatic N) is 7. The van der Waals surface area contributed by atoms with Crippen molar-refractivity contribution in [1.82, 2.24) is 59.8 Å². The minimum atomic E-state index is -3.22. The predicted molar refractivity (Wildman–Crippen MR) is 253 cm³/mol. The molecule has 3 amide bonds. The molecule has 69 heavy (non-hydrogen) atoms. The Kier molecular flexibility index (Phi) is 27.0.